The number of carbonyl (C=O) groups excluding carboxylic acids is 2. The van der Waals surface area contributed by atoms with E-state index in [-0.39, 0.29) is 5.91 Å². The molecule has 0 bridgehead atoms. The predicted octanol–water partition coefficient (Wildman–Crippen LogP) is 4.67. The molecule has 0 radical (unpaired) electrons. The third kappa shape index (κ3) is 5.66. The fourth-order valence-electron chi connectivity index (χ4n) is 2.56. The number of hydrazone groups is 1. The molecule has 0 heterocycles. The molecule has 3 aromatic rings. The van der Waals surface area contributed by atoms with Crippen LogP contribution >= 0.6 is 22.6 Å². The SMILES string of the molecule is CCOc1cc(/C=N\NC(=O)c2ccccc2I)ccc1OC(=O)c1ccccc1. The highest BCUT2D eigenvalue weighted by Gasteiger charge is 2.13. The Bertz CT molecular complexity index is 1070. The molecule has 0 aliphatic rings. The van der Waals surface area contributed by atoms with Gasteiger partial charge in [0.25, 0.3) is 5.91 Å². The van der Waals surface area contributed by atoms with Crippen molar-refractivity contribution in [2.45, 2.75) is 6.92 Å². The summed E-state index contributed by atoms with van der Waals surface area (Å²) >= 11 is 2.10. The number of amides is 1. The first-order valence-corrected chi connectivity index (χ1v) is 10.3. The van der Waals surface area contributed by atoms with Crippen LogP contribution in [0.5, 0.6) is 11.5 Å². The number of ether oxygens (including phenoxy) is 2. The Balaban J connectivity index is 1.71. The van der Waals surface area contributed by atoms with E-state index in [9.17, 15) is 9.59 Å². The van der Waals surface area contributed by atoms with Gasteiger partial charge in [-0.3, -0.25) is 4.79 Å². The van der Waals surface area contributed by atoms with Crippen LogP contribution in [0.2, 0.25) is 0 Å². The summed E-state index contributed by atoms with van der Waals surface area (Å²) < 4.78 is 11.9. The van der Waals surface area contributed by atoms with Crippen molar-refractivity contribution in [1.82, 2.24) is 5.43 Å². The topological polar surface area (TPSA) is 77.0 Å². The minimum atomic E-state index is -0.470. The Morgan fingerprint density at radius 1 is 1.00 bits per heavy atom. The van der Waals surface area contributed by atoms with E-state index < -0.39 is 5.97 Å². The summed E-state index contributed by atoms with van der Waals surface area (Å²) in [6, 6.07) is 21.0. The Morgan fingerprint density at radius 2 is 1.73 bits per heavy atom. The quantitative estimate of drug-likeness (QED) is 0.164. The number of nitrogens with zero attached hydrogens (tertiary/aromatic N) is 1. The summed E-state index contributed by atoms with van der Waals surface area (Å²) in [6.45, 7) is 2.24. The normalized spacial score (nSPS) is 10.6. The Labute approximate surface area is 188 Å². The molecule has 30 heavy (non-hydrogen) atoms. The first-order chi connectivity index (χ1) is 14.6. The van der Waals surface area contributed by atoms with Gasteiger partial charge < -0.3 is 9.47 Å². The van der Waals surface area contributed by atoms with Gasteiger partial charge in [0.05, 0.1) is 23.9 Å². The van der Waals surface area contributed by atoms with Gasteiger partial charge in [0.15, 0.2) is 11.5 Å². The molecule has 0 spiro atoms. The van der Waals surface area contributed by atoms with Crippen molar-refractivity contribution in [3.05, 3.63) is 93.1 Å². The van der Waals surface area contributed by atoms with Gasteiger partial charge in [0.2, 0.25) is 0 Å². The highest BCUT2D eigenvalue weighted by Crippen LogP contribution is 2.29. The molecule has 1 N–H and O–H groups in total. The molecule has 6 nitrogen and oxygen atoms in total. The Hall–Kier alpha value is -3.20. The van der Waals surface area contributed by atoms with Crippen molar-refractivity contribution in [1.29, 1.82) is 0 Å². The van der Waals surface area contributed by atoms with E-state index in [4.69, 9.17) is 9.47 Å². The molecule has 0 aliphatic carbocycles. The molecule has 0 unspecified atom stereocenters. The van der Waals surface area contributed by atoms with Gasteiger partial charge >= 0.3 is 5.97 Å². The minimum absolute atomic E-state index is 0.297. The minimum Gasteiger partial charge on any atom is -0.490 e. The molecule has 0 atom stereocenters. The molecule has 1 amide bonds. The van der Waals surface area contributed by atoms with E-state index in [1.165, 1.54) is 6.21 Å². The first-order valence-electron chi connectivity index (χ1n) is 9.20. The van der Waals surface area contributed by atoms with Crippen LogP contribution in [0, 0.1) is 3.57 Å². The molecular weight excluding hydrogens is 495 g/mol. The van der Waals surface area contributed by atoms with Crippen LogP contribution in [-0.4, -0.2) is 24.7 Å². The highest BCUT2D eigenvalue weighted by atomic mass is 127. The molecule has 3 rings (SSSR count). The van der Waals surface area contributed by atoms with Crippen LogP contribution in [0.25, 0.3) is 0 Å². The maximum Gasteiger partial charge on any atom is 0.343 e. The largest absolute Gasteiger partial charge is 0.490 e. The summed E-state index contributed by atoms with van der Waals surface area (Å²) in [5, 5.41) is 4.01. The highest BCUT2D eigenvalue weighted by molar-refractivity contribution is 14.1. The van der Waals surface area contributed by atoms with Crippen molar-refractivity contribution in [3.8, 4) is 11.5 Å². The standard InChI is InChI=1S/C23H19IN2O4/c1-2-29-21-14-16(15-25-26-22(27)18-10-6-7-11-19(18)24)12-13-20(21)30-23(28)17-8-4-3-5-9-17/h3-15H,2H2,1H3,(H,26,27)/b25-15-. The average Bonchev–Trinajstić information content (AvgIpc) is 2.76. The molecule has 0 fully saturated rings. The molecule has 0 aliphatic heterocycles. The second-order valence-corrected chi connectivity index (χ2v) is 7.24. The maximum absolute atomic E-state index is 12.3. The zero-order valence-corrected chi connectivity index (χ0v) is 18.3. The predicted molar refractivity (Wildman–Crippen MR) is 123 cm³/mol. The lowest BCUT2D eigenvalue weighted by Crippen LogP contribution is -2.18. The first kappa shape index (κ1) is 21.5. The monoisotopic (exact) mass is 514 g/mol. The summed E-state index contributed by atoms with van der Waals surface area (Å²) in [4.78, 5) is 24.5. The lowest BCUT2D eigenvalue weighted by atomic mass is 10.2. The summed E-state index contributed by atoms with van der Waals surface area (Å²) in [5.41, 5.74) is 4.19. The van der Waals surface area contributed by atoms with Crippen molar-refractivity contribution in [2.75, 3.05) is 6.61 Å². The zero-order chi connectivity index (χ0) is 21.3. The molecule has 3 aromatic carbocycles. The molecule has 0 saturated carbocycles. The van der Waals surface area contributed by atoms with Crippen LogP contribution in [0.4, 0.5) is 0 Å². The molecule has 0 aromatic heterocycles. The van der Waals surface area contributed by atoms with Gasteiger partial charge in [-0.05, 0) is 77.5 Å². The van der Waals surface area contributed by atoms with Crippen LogP contribution in [0.15, 0.2) is 77.9 Å². The smallest absolute Gasteiger partial charge is 0.343 e. The number of esters is 1. The third-order valence-electron chi connectivity index (χ3n) is 3.98. The Morgan fingerprint density at radius 3 is 2.47 bits per heavy atom. The fraction of sp³-hybridized carbons (Fsp3) is 0.0870. The van der Waals surface area contributed by atoms with Gasteiger partial charge in [0, 0.05) is 3.57 Å². The number of nitrogens with one attached hydrogen (secondary N) is 1. The van der Waals surface area contributed by atoms with Crippen LogP contribution in [0.1, 0.15) is 33.2 Å². The molecule has 152 valence electrons. The van der Waals surface area contributed by atoms with Crippen LogP contribution in [0.3, 0.4) is 0 Å². The number of carbonyl (C=O) groups is 2. The molecule has 0 saturated heterocycles. The summed E-state index contributed by atoms with van der Waals surface area (Å²) in [5.74, 6) is -0.0437. The average molecular weight is 514 g/mol. The zero-order valence-electron chi connectivity index (χ0n) is 16.2. The van der Waals surface area contributed by atoms with Crippen LogP contribution in [-0.2, 0) is 0 Å². The maximum atomic E-state index is 12.3. The van der Waals surface area contributed by atoms with E-state index in [1.807, 2.05) is 25.1 Å². The van der Waals surface area contributed by atoms with Gasteiger partial charge in [-0.2, -0.15) is 5.10 Å². The van der Waals surface area contributed by atoms with E-state index in [2.05, 4.69) is 33.1 Å². The number of halogens is 1. The number of hydrogen-bond donors (Lipinski definition) is 1. The van der Waals surface area contributed by atoms with E-state index in [1.54, 1.807) is 54.6 Å². The number of rotatable bonds is 7. The van der Waals surface area contributed by atoms with Crippen molar-refractivity contribution >= 4 is 40.7 Å². The molecule has 7 heteroatoms. The lowest BCUT2D eigenvalue weighted by molar-refractivity contribution is 0.0728. The third-order valence-corrected chi connectivity index (χ3v) is 4.92. The van der Waals surface area contributed by atoms with Gasteiger partial charge in [-0.25, -0.2) is 10.2 Å². The summed E-state index contributed by atoms with van der Waals surface area (Å²) in [6.07, 6.45) is 1.50. The number of benzene rings is 3. The van der Waals surface area contributed by atoms with Gasteiger partial charge in [-0.15, -0.1) is 0 Å². The molecular formula is C23H19IN2O4. The van der Waals surface area contributed by atoms with E-state index >= 15 is 0 Å². The lowest BCUT2D eigenvalue weighted by Gasteiger charge is -2.11. The van der Waals surface area contributed by atoms with E-state index in [0.29, 0.717) is 34.8 Å². The van der Waals surface area contributed by atoms with Crippen molar-refractivity contribution in [2.24, 2.45) is 5.10 Å². The second kappa shape index (κ2) is 10.5. The van der Waals surface area contributed by atoms with Crippen LogP contribution < -0.4 is 14.9 Å². The number of hydrogen-bond acceptors (Lipinski definition) is 5. The van der Waals surface area contributed by atoms with Crippen molar-refractivity contribution < 1.29 is 19.1 Å². The van der Waals surface area contributed by atoms with Gasteiger partial charge in [0.1, 0.15) is 0 Å². The van der Waals surface area contributed by atoms with Gasteiger partial charge in [-0.1, -0.05) is 30.3 Å². The summed E-state index contributed by atoms with van der Waals surface area (Å²) in [7, 11) is 0. The van der Waals surface area contributed by atoms with Crippen molar-refractivity contribution in [3.63, 3.8) is 0 Å². The van der Waals surface area contributed by atoms with E-state index in [0.717, 1.165) is 3.57 Å². The second-order valence-electron chi connectivity index (χ2n) is 6.07. The fourth-order valence-corrected chi connectivity index (χ4v) is 3.19. The Kier molecular flexibility index (Phi) is 7.56.